The van der Waals surface area contributed by atoms with E-state index in [4.69, 9.17) is 4.74 Å². The van der Waals surface area contributed by atoms with Crippen LogP contribution in [0.1, 0.15) is 37.3 Å². The molecular weight excluding hydrogens is 259 g/mol. The van der Waals surface area contributed by atoms with Gasteiger partial charge in [0.25, 0.3) is 0 Å². The number of benzene rings is 1. The van der Waals surface area contributed by atoms with Crippen molar-refractivity contribution >= 4 is 5.91 Å². The van der Waals surface area contributed by atoms with E-state index in [1.807, 2.05) is 6.07 Å². The zero-order valence-electron chi connectivity index (χ0n) is 11.3. The average Bonchev–Trinajstić information content (AvgIpc) is 2.90. The predicted molar refractivity (Wildman–Crippen MR) is 73.0 cm³/mol. The van der Waals surface area contributed by atoms with Gasteiger partial charge in [-0.3, -0.25) is 4.79 Å². The standard InChI is InChI=1S/C15H19FN2O2/c16-11-5-1-4-10-12(7-3-9-20-14(10)11)18-15(19)13-6-2-8-17-13/h1,4-5,12-13,17H,2-3,6-9H2,(H,18,19). The molecule has 2 aliphatic rings. The molecule has 0 saturated carbocycles. The van der Waals surface area contributed by atoms with Crippen molar-refractivity contribution in [2.75, 3.05) is 13.2 Å². The quantitative estimate of drug-likeness (QED) is 0.869. The Morgan fingerprint density at radius 2 is 2.25 bits per heavy atom. The molecule has 4 nitrogen and oxygen atoms in total. The normalized spacial score (nSPS) is 25.4. The summed E-state index contributed by atoms with van der Waals surface area (Å²) in [5.41, 5.74) is 0.744. The van der Waals surface area contributed by atoms with E-state index in [0.29, 0.717) is 6.61 Å². The number of para-hydroxylation sites is 1. The summed E-state index contributed by atoms with van der Waals surface area (Å²) in [5, 5.41) is 6.22. The van der Waals surface area contributed by atoms with Crippen LogP contribution < -0.4 is 15.4 Å². The number of rotatable bonds is 2. The molecule has 5 heteroatoms. The lowest BCUT2D eigenvalue weighted by Crippen LogP contribution is -2.42. The molecule has 1 amide bonds. The van der Waals surface area contributed by atoms with Gasteiger partial charge in [0.15, 0.2) is 11.6 Å². The van der Waals surface area contributed by atoms with Crippen molar-refractivity contribution in [1.82, 2.24) is 10.6 Å². The van der Waals surface area contributed by atoms with Gasteiger partial charge in [-0.25, -0.2) is 4.39 Å². The minimum Gasteiger partial charge on any atom is -0.490 e. The van der Waals surface area contributed by atoms with Gasteiger partial charge in [-0.15, -0.1) is 0 Å². The van der Waals surface area contributed by atoms with Gasteiger partial charge in [0.1, 0.15) is 0 Å². The van der Waals surface area contributed by atoms with Gasteiger partial charge in [0.2, 0.25) is 5.91 Å². The van der Waals surface area contributed by atoms with Crippen LogP contribution >= 0.6 is 0 Å². The first-order valence-corrected chi connectivity index (χ1v) is 7.20. The lowest BCUT2D eigenvalue weighted by atomic mass is 10.0. The Morgan fingerprint density at radius 3 is 3.05 bits per heavy atom. The first-order chi connectivity index (χ1) is 9.75. The van der Waals surface area contributed by atoms with Crippen LogP contribution in [-0.4, -0.2) is 25.1 Å². The number of ether oxygens (including phenoxy) is 1. The van der Waals surface area contributed by atoms with Gasteiger partial charge in [0.05, 0.1) is 18.7 Å². The van der Waals surface area contributed by atoms with Crippen molar-refractivity contribution < 1.29 is 13.9 Å². The molecule has 2 heterocycles. The third-order valence-corrected chi connectivity index (χ3v) is 3.95. The Kier molecular flexibility index (Phi) is 3.87. The molecule has 1 saturated heterocycles. The van der Waals surface area contributed by atoms with E-state index in [2.05, 4.69) is 10.6 Å². The van der Waals surface area contributed by atoms with E-state index < -0.39 is 0 Å². The lowest BCUT2D eigenvalue weighted by Gasteiger charge is -2.20. The molecule has 20 heavy (non-hydrogen) atoms. The first kappa shape index (κ1) is 13.4. The number of amides is 1. The van der Waals surface area contributed by atoms with Gasteiger partial charge in [0, 0.05) is 5.56 Å². The highest BCUT2D eigenvalue weighted by atomic mass is 19.1. The van der Waals surface area contributed by atoms with Gasteiger partial charge < -0.3 is 15.4 Å². The van der Waals surface area contributed by atoms with E-state index in [0.717, 1.165) is 37.8 Å². The average molecular weight is 278 g/mol. The first-order valence-electron chi connectivity index (χ1n) is 7.20. The molecule has 0 radical (unpaired) electrons. The van der Waals surface area contributed by atoms with Crippen LogP contribution in [0.2, 0.25) is 0 Å². The zero-order valence-corrected chi connectivity index (χ0v) is 11.3. The largest absolute Gasteiger partial charge is 0.490 e. The maximum atomic E-state index is 13.8. The molecule has 1 aromatic carbocycles. The fourth-order valence-corrected chi connectivity index (χ4v) is 2.90. The number of fused-ring (bicyclic) bond motifs is 1. The minimum absolute atomic E-state index is 0.00427. The fraction of sp³-hybridized carbons (Fsp3) is 0.533. The maximum absolute atomic E-state index is 13.8. The molecule has 108 valence electrons. The second-order valence-electron chi connectivity index (χ2n) is 5.36. The van der Waals surface area contributed by atoms with Crippen molar-refractivity contribution in [2.45, 2.75) is 37.8 Å². The minimum atomic E-state index is -0.359. The Labute approximate surface area is 117 Å². The summed E-state index contributed by atoms with van der Waals surface area (Å²) in [4.78, 5) is 12.2. The second-order valence-corrected chi connectivity index (χ2v) is 5.36. The number of carbonyl (C=O) groups excluding carboxylic acids is 1. The highest BCUT2D eigenvalue weighted by Gasteiger charge is 2.28. The molecule has 0 aromatic heterocycles. The molecule has 0 spiro atoms. The molecule has 0 bridgehead atoms. The topological polar surface area (TPSA) is 50.4 Å². The van der Waals surface area contributed by atoms with Gasteiger partial charge >= 0.3 is 0 Å². The zero-order chi connectivity index (χ0) is 13.9. The number of hydrogen-bond acceptors (Lipinski definition) is 3. The molecule has 2 unspecified atom stereocenters. The van der Waals surface area contributed by atoms with Crippen LogP contribution in [0.5, 0.6) is 5.75 Å². The third-order valence-electron chi connectivity index (χ3n) is 3.95. The Balaban J connectivity index is 1.79. The Morgan fingerprint density at radius 1 is 1.35 bits per heavy atom. The monoisotopic (exact) mass is 278 g/mol. The molecule has 2 N–H and O–H groups in total. The highest BCUT2D eigenvalue weighted by Crippen LogP contribution is 2.33. The number of halogens is 1. The van der Waals surface area contributed by atoms with Crippen LogP contribution in [0.4, 0.5) is 4.39 Å². The molecular formula is C15H19FN2O2. The van der Waals surface area contributed by atoms with Crippen molar-refractivity contribution in [2.24, 2.45) is 0 Å². The van der Waals surface area contributed by atoms with Crippen LogP contribution in [-0.2, 0) is 4.79 Å². The van der Waals surface area contributed by atoms with E-state index in [1.165, 1.54) is 6.07 Å². The van der Waals surface area contributed by atoms with E-state index >= 15 is 0 Å². The lowest BCUT2D eigenvalue weighted by molar-refractivity contribution is -0.123. The second kappa shape index (κ2) is 5.79. The van der Waals surface area contributed by atoms with Crippen molar-refractivity contribution in [3.63, 3.8) is 0 Å². The van der Waals surface area contributed by atoms with E-state index in [1.54, 1.807) is 6.07 Å². The van der Waals surface area contributed by atoms with Gasteiger partial charge in [-0.1, -0.05) is 12.1 Å². The third kappa shape index (κ3) is 2.63. The summed E-state index contributed by atoms with van der Waals surface area (Å²) in [6.07, 6.45) is 3.47. The molecule has 2 aliphatic heterocycles. The van der Waals surface area contributed by atoms with E-state index in [9.17, 15) is 9.18 Å². The summed E-state index contributed by atoms with van der Waals surface area (Å²) in [7, 11) is 0. The summed E-state index contributed by atoms with van der Waals surface area (Å²) < 4.78 is 19.3. The van der Waals surface area contributed by atoms with Crippen molar-refractivity contribution in [3.05, 3.63) is 29.6 Å². The number of hydrogen-bond donors (Lipinski definition) is 2. The molecule has 0 aliphatic carbocycles. The number of carbonyl (C=O) groups is 1. The highest BCUT2D eigenvalue weighted by molar-refractivity contribution is 5.82. The van der Waals surface area contributed by atoms with Crippen LogP contribution in [0.25, 0.3) is 0 Å². The summed E-state index contributed by atoms with van der Waals surface area (Å²) in [6, 6.07) is 4.60. The molecule has 2 atom stereocenters. The van der Waals surface area contributed by atoms with Gasteiger partial charge in [-0.2, -0.15) is 0 Å². The fourth-order valence-electron chi connectivity index (χ4n) is 2.90. The smallest absolute Gasteiger partial charge is 0.237 e. The predicted octanol–water partition coefficient (Wildman–Crippen LogP) is 1.91. The van der Waals surface area contributed by atoms with Crippen LogP contribution in [0.15, 0.2) is 18.2 Å². The van der Waals surface area contributed by atoms with E-state index in [-0.39, 0.29) is 29.6 Å². The molecule has 3 rings (SSSR count). The summed E-state index contributed by atoms with van der Waals surface area (Å²) >= 11 is 0. The van der Waals surface area contributed by atoms with Gasteiger partial charge in [-0.05, 0) is 38.3 Å². The van der Waals surface area contributed by atoms with Crippen LogP contribution in [0.3, 0.4) is 0 Å². The summed E-state index contributed by atoms with van der Waals surface area (Å²) in [6.45, 7) is 1.37. The van der Waals surface area contributed by atoms with Crippen molar-refractivity contribution in [1.29, 1.82) is 0 Å². The molecule has 1 aromatic rings. The summed E-state index contributed by atoms with van der Waals surface area (Å²) in [5.74, 6) is -0.0677. The maximum Gasteiger partial charge on any atom is 0.237 e. The van der Waals surface area contributed by atoms with Crippen LogP contribution in [0, 0.1) is 5.82 Å². The SMILES string of the molecule is O=C(NC1CCCOc2c(F)cccc21)C1CCCN1. The molecule has 1 fully saturated rings. The Bertz CT molecular complexity index is 501. The Hall–Kier alpha value is -1.62. The number of nitrogens with one attached hydrogen (secondary N) is 2. The van der Waals surface area contributed by atoms with Crippen molar-refractivity contribution in [3.8, 4) is 5.75 Å².